The number of carbonyl (C=O) groups is 1. The van der Waals surface area contributed by atoms with Gasteiger partial charge in [0.25, 0.3) is 5.91 Å². The maximum atomic E-state index is 12.1. The Morgan fingerprint density at radius 2 is 1.76 bits per heavy atom. The number of nitrogens with one attached hydrogen (secondary N) is 1. The SMILES string of the molecule is N/C(=N/O)c1ccc(NC(=O)c2ccc(O)cc2)c(Br)c1. The van der Waals surface area contributed by atoms with E-state index >= 15 is 0 Å². The van der Waals surface area contributed by atoms with Crippen LogP contribution in [0.5, 0.6) is 5.75 Å². The summed E-state index contributed by atoms with van der Waals surface area (Å²) in [5.74, 6) is -0.241. The molecule has 0 fully saturated rings. The predicted octanol–water partition coefficient (Wildman–Crippen LogP) is 2.50. The Bertz CT molecular complexity index is 699. The molecule has 2 aromatic rings. The van der Waals surface area contributed by atoms with Crippen LogP contribution in [-0.2, 0) is 0 Å². The van der Waals surface area contributed by atoms with Gasteiger partial charge in [0.1, 0.15) is 5.75 Å². The van der Waals surface area contributed by atoms with E-state index in [-0.39, 0.29) is 17.5 Å². The van der Waals surface area contributed by atoms with Gasteiger partial charge in [0.05, 0.1) is 5.69 Å². The molecular weight excluding hydrogens is 338 g/mol. The molecule has 1 amide bonds. The standard InChI is InChI=1S/C14H12BrN3O3/c15-11-7-9(13(16)18-21)3-6-12(11)17-14(20)8-1-4-10(19)5-2-8/h1-7,19,21H,(H2,16,18)(H,17,20). The van der Waals surface area contributed by atoms with Crippen LogP contribution >= 0.6 is 15.9 Å². The third-order valence-electron chi connectivity index (χ3n) is 2.75. The molecule has 2 aromatic carbocycles. The van der Waals surface area contributed by atoms with E-state index in [2.05, 4.69) is 26.4 Å². The first-order valence-corrected chi connectivity index (χ1v) is 6.68. The highest BCUT2D eigenvalue weighted by Gasteiger charge is 2.10. The number of nitrogens with two attached hydrogens (primary N) is 1. The summed E-state index contributed by atoms with van der Waals surface area (Å²) < 4.78 is 0.596. The van der Waals surface area contributed by atoms with E-state index in [4.69, 9.17) is 10.9 Å². The van der Waals surface area contributed by atoms with Crippen molar-refractivity contribution in [1.29, 1.82) is 0 Å². The van der Waals surface area contributed by atoms with Crippen LogP contribution in [0.25, 0.3) is 0 Å². The van der Waals surface area contributed by atoms with Crippen molar-refractivity contribution < 1.29 is 15.1 Å². The van der Waals surface area contributed by atoms with Crippen LogP contribution in [0.3, 0.4) is 0 Å². The maximum Gasteiger partial charge on any atom is 0.255 e. The van der Waals surface area contributed by atoms with Gasteiger partial charge in [-0.15, -0.1) is 0 Å². The van der Waals surface area contributed by atoms with Gasteiger partial charge in [-0.2, -0.15) is 0 Å². The Kier molecular flexibility index (Phi) is 4.44. The zero-order chi connectivity index (χ0) is 15.4. The minimum atomic E-state index is -0.313. The van der Waals surface area contributed by atoms with Crippen molar-refractivity contribution in [2.45, 2.75) is 0 Å². The summed E-state index contributed by atoms with van der Waals surface area (Å²) in [6.07, 6.45) is 0. The van der Waals surface area contributed by atoms with Crippen LogP contribution in [-0.4, -0.2) is 22.1 Å². The molecule has 0 aliphatic carbocycles. The van der Waals surface area contributed by atoms with E-state index in [9.17, 15) is 9.90 Å². The molecule has 0 radical (unpaired) electrons. The first-order chi connectivity index (χ1) is 10.0. The molecule has 108 valence electrons. The van der Waals surface area contributed by atoms with Crippen molar-refractivity contribution >= 4 is 33.4 Å². The fourth-order valence-corrected chi connectivity index (χ4v) is 2.12. The number of phenolic OH excluding ortho intramolecular Hbond substituents is 1. The lowest BCUT2D eigenvalue weighted by molar-refractivity contribution is 0.102. The molecule has 21 heavy (non-hydrogen) atoms. The molecule has 7 heteroatoms. The van der Waals surface area contributed by atoms with Crippen LogP contribution in [0.2, 0.25) is 0 Å². The zero-order valence-corrected chi connectivity index (χ0v) is 12.3. The lowest BCUT2D eigenvalue weighted by Crippen LogP contribution is -2.15. The summed E-state index contributed by atoms with van der Waals surface area (Å²) in [6, 6.07) is 10.8. The second kappa shape index (κ2) is 6.27. The fraction of sp³-hybridized carbons (Fsp3) is 0. The van der Waals surface area contributed by atoms with Gasteiger partial charge in [-0.1, -0.05) is 5.16 Å². The van der Waals surface area contributed by atoms with Crippen molar-refractivity contribution in [3.05, 3.63) is 58.1 Å². The topological polar surface area (TPSA) is 108 Å². The summed E-state index contributed by atoms with van der Waals surface area (Å²) in [6.45, 7) is 0. The number of anilines is 1. The molecule has 0 spiro atoms. The number of hydrogen-bond acceptors (Lipinski definition) is 4. The van der Waals surface area contributed by atoms with Gasteiger partial charge in [-0.25, -0.2) is 0 Å². The number of aromatic hydroxyl groups is 1. The summed E-state index contributed by atoms with van der Waals surface area (Å²) in [5, 5.41) is 23.4. The Morgan fingerprint density at radius 1 is 1.14 bits per heavy atom. The van der Waals surface area contributed by atoms with E-state index in [1.54, 1.807) is 18.2 Å². The quantitative estimate of drug-likeness (QED) is 0.295. The molecule has 2 rings (SSSR count). The van der Waals surface area contributed by atoms with E-state index in [1.807, 2.05) is 0 Å². The average Bonchev–Trinajstić information content (AvgIpc) is 2.49. The number of carbonyl (C=O) groups excluding carboxylic acids is 1. The van der Waals surface area contributed by atoms with Gasteiger partial charge in [-0.05, 0) is 58.4 Å². The number of amides is 1. The van der Waals surface area contributed by atoms with Crippen LogP contribution in [0.4, 0.5) is 5.69 Å². The summed E-state index contributed by atoms with van der Waals surface area (Å²) in [4.78, 5) is 12.1. The number of amidine groups is 1. The molecule has 0 aliphatic heterocycles. The Morgan fingerprint density at radius 3 is 2.33 bits per heavy atom. The van der Waals surface area contributed by atoms with Crippen LogP contribution in [0.1, 0.15) is 15.9 Å². The van der Waals surface area contributed by atoms with Gasteiger partial charge in [0.15, 0.2) is 5.84 Å². The minimum absolute atomic E-state index is 0.0212. The largest absolute Gasteiger partial charge is 0.508 e. The van der Waals surface area contributed by atoms with Gasteiger partial charge in [0.2, 0.25) is 0 Å². The lowest BCUT2D eigenvalue weighted by Gasteiger charge is -2.09. The van der Waals surface area contributed by atoms with Crippen molar-refractivity contribution in [2.75, 3.05) is 5.32 Å². The number of hydrogen-bond donors (Lipinski definition) is 4. The number of phenols is 1. The van der Waals surface area contributed by atoms with Crippen LogP contribution in [0, 0.1) is 0 Å². The molecule has 0 aliphatic rings. The number of nitrogens with zero attached hydrogens (tertiary/aromatic N) is 1. The zero-order valence-electron chi connectivity index (χ0n) is 10.7. The molecular formula is C14H12BrN3O3. The number of oxime groups is 1. The van der Waals surface area contributed by atoms with Crippen molar-refractivity contribution in [2.24, 2.45) is 10.9 Å². The summed E-state index contributed by atoms with van der Waals surface area (Å²) in [7, 11) is 0. The highest BCUT2D eigenvalue weighted by atomic mass is 79.9. The van der Waals surface area contributed by atoms with E-state index in [0.717, 1.165) is 0 Å². The molecule has 0 heterocycles. The van der Waals surface area contributed by atoms with Crippen molar-refractivity contribution in [1.82, 2.24) is 0 Å². The smallest absolute Gasteiger partial charge is 0.255 e. The molecule has 0 saturated heterocycles. The lowest BCUT2D eigenvalue weighted by atomic mass is 10.1. The van der Waals surface area contributed by atoms with Gasteiger partial charge in [-0.3, -0.25) is 4.79 Å². The van der Waals surface area contributed by atoms with Crippen LogP contribution < -0.4 is 11.1 Å². The second-order valence-corrected chi connectivity index (χ2v) is 5.04. The third kappa shape index (κ3) is 3.51. The van der Waals surface area contributed by atoms with Gasteiger partial charge in [0, 0.05) is 15.6 Å². The number of benzene rings is 2. The monoisotopic (exact) mass is 349 g/mol. The Hall–Kier alpha value is -2.54. The van der Waals surface area contributed by atoms with E-state index in [0.29, 0.717) is 21.3 Å². The highest BCUT2D eigenvalue weighted by molar-refractivity contribution is 9.10. The van der Waals surface area contributed by atoms with Crippen molar-refractivity contribution in [3.63, 3.8) is 0 Å². The molecule has 0 bridgehead atoms. The molecule has 0 atom stereocenters. The predicted molar refractivity (Wildman–Crippen MR) is 82.7 cm³/mol. The molecule has 5 N–H and O–H groups in total. The van der Waals surface area contributed by atoms with E-state index < -0.39 is 0 Å². The molecule has 0 saturated carbocycles. The number of rotatable bonds is 3. The molecule has 0 aromatic heterocycles. The second-order valence-electron chi connectivity index (χ2n) is 4.18. The maximum absolute atomic E-state index is 12.1. The first-order valence-electron chi connectivity index (χ1n) is 5.89. The van der Waals surface area contributed by atoms with Crippen molar-refractivity contribution in [3.8, 4) is 5.75 Å². The third-order valence-corrected chi connectivity index (χ3v) is 3.41. The molecule has 0 unspecified atom stereocenters. The van der Waals surface area contributed by atoms with E-state index in [1.165, 1.54) is 24.3 Å². The first kappa shape index (κ1) is 14.9. The number of halogens is 1. The Labute approximate surface area is 129 Å². The average molecular weight is 350 g/mol. The van der Waals surface area contributed by atoms with Gasteiger partial charge < -0.3 is 21.4 Å². The van der Waals surface area contributed by atoms with Crippen LogP contribution in [0.15, 0.2) is 52.1 Å². The molecule has 6 nitrogen and oxygen atoms in total. The Balaban J connectivity index is 2.20. The fourth-order valence-electron chi connectivity index (χ4n) is 1.64. The minimum Gasteiger partial charge on any atom is -0.508 e. The summed E-state index contributed by atoms with van der Waals surface area (Å²) >= 11 is 3.31. The summed E-state index contributed by atoms with van der Waals surface area (Å²) in [5.41, 5.74) is 6.97. The highest BCUT2D eigenvalue weighted by Crippen LogP contribution is 2.24. The van der Waals surface area contributed by atoms with Gasteiger partial charge >= 0.3 is 0 Å². The normalized spacial score (nSPS) is 11.2.